The number of aryl methyl sites for hydroxylation is 1. The van der Waals surface area contributed by atoms with Gasteiger partial charge in [0.25, 0.3) is 0 Å². The maximum absolute atomic E-state index is 11.7. The van der Waals surface area contributed by atoms with Crippen LogP contribution >= 0.6 is 15.9 Å². The smallest absolute Gasteiger partial charge is 0.231 e. The van der Waals surface area contributed by atoms with Crippen LogP contribution in [0.5, 0.6) is 0 Å². The number of aliphatic imine (C=N–C) groups is 1. The number of carbonyl (C=O) groups excluding carboxylic acids is 1. The van der Waals surface area contributed by atoms with Gasteiger partial charge in [-0.25, -0.2) is 4.99 Å². The molecule has 0 bridgehead atoms. The summed E-state index contributed by atoms with van der Waals surface area (Å²) in [5.41, 5.74) is 8.00. The van der Waals surface area contributed by atoms with Gasteiger partial charge in [0.15, 0.2) is 5.96 Å². The van der Waals surface area contributed by atoms with Gasteiger partial charge in [-0.1, -0.05) is 35.0 Å². The fourth-order valence-corrected chi connectivity index (χ4v) is 2.65. The molecule has 2 rings (SSSR count). The Balaban J connectivity index is 2.33. The number of hydrogen-bond acceptors (Lipinski definition) is 3. The zero-order chi connectivity index (χ0) is 13.3. The van der Waals surface area contributed by atoms with Crippen molar-refractivity contribution in [2.75, 3.05) is 7.05 Å². The highest BCUT2D eigenvalue weighted by Gasteiger charge is 2.25. The second-order valence-electron chi connectivity index (χ2n) is 4.36. The Kier molecular flexibility index (Phi) is 3.71. The highest BCUT2D eigenvalue weighted by molar-refractivity contribution is 9.10. The highest BCUT2D eigenvalue weighted by atomic mass is 79.9. The monoisotopic (exact) mass is 309 g/mol. The van der Waals surface area contributed by atoms with Crippen molar-refractivity contribution in [2.24, 2.45) is 10.7 Å². The minimum absolute atomic E-state index is 0.00295. The van der Waals surface area contributed by atoms with Crippen LogP contribution in [0.15, 0.2) is 27.7 Å². The molecule has 0 spiro atoms. The number of halogens is 1. The lowest BCUT2D eigenvalue weighted by atomic mass is 10.0. The van der Waals surface area contributed by atoms with Crippen molar-refractivity contribution in [1.82, 2.24) is 4.90 Å². The number of amides is 1. The van der Waals surface area contributed by atoms with Gasteiger partial charge in [-0.05, 0) is 23.6 Å². The van der Waals surface area contributed by atoms with Gasteiger partial charge >= 0.3 is 0 Å². The number of carbonyl (C=O) groups is 1. The van der Waals surface area contributed by atoms with Crippen LogP contribution < -0.4 is 5.73 Å². The molecule has 5 heteroatoms. The molecule has 1 aliphatic heterocycles. The standard InChI is InChI=1S/C13H16BrN3O/c1-3-8-4-5-9(6-10(8)14)11-7-12(18)17(2)13(15)16-11/h4-6,11H,3,7H2,1-2H3,(H2,15,16). The van der Waals surface area contributed by atoms with Crippen LogP contribution in [0.1, 0.15) is 30.5 Å². The molecule has 2 N–H and O–H groups in total. The van der Waals surface area contributed by atoms with Gasteiger partial charge in [0.1, 0.15) is 0 Å². The maximum atomic E-state index is 11.7. The Morgan fingerprint density at radius 1 is 1.56 bits per heavy atom. The molecule has 0 aliphatic carbocycles. The van der Waals surface area contributed by atoms with Crippen molar-refractivity contribution in [1.29, 1.82) is 0 Å². The van der Waals surface area contributed by atoms with Crippen molar-refractivity contribution in [3.05, 3.63) is 33.8 Å². The quantitative estimate of drug-likeness (QED) is 0.910. The first-order chi connectivity index (χ1) is 8.52. The minimum atomic E-state index is -0.170. The molecular weight excluding hydrogens is 294 g/mol. The molecule has 0 saturated carbocycles. The SMILES string of the molecule is CCc1ccc(C2CC(=O)N(C)C(N)=N2)cc1Br. The van der Waals surface area contributed by atoms with Gasteiger partial charge in [-0.15, -0.1) is 0 Å². The highest BCUT2D eigenvalue weighted by Crippen LogP contribution is 2.29. The number of guanidine groups is 1. The molecule has 1 atom stereocenters. The molecule has 0 fully saturated rings. The normalized spacial score (nSPS) is 19.9. The summed E-state index contributed by atoms with van der Waals surface area (Å²) in [5.74, 6) is 0.287. The molecule has 1 unspecified atom stereocenters. The molecule has 0 radical (unpaired) electrons. The number of benzene rings is 1. The first-order valence-electron chi connectivity index (χ1n) is 5.91. The molecule has 1 amide bonds. The van der Waals surface area contributed by atoms with Crippen LogP contribution in [-0.2, 0) is 11.2 Å². The van der Waals surface area contributed by atoms with E-state index in [4.69, 9.17) is 5.73 Å². The van der Waals surface area contributed by atoms with E-state index in [0.29, 0.717) is 6.42 Å². The molecule has 96 valence electrons. The molecule has 0 aromatic heterocycles. The number of nitrogens with two attached hydrogens (primary N) is 1. The van der Waals surface area contributed by atoms with Crippen molar-refractivity contribution in [2.45, 2.75) is 25.8 Å². The predicted octanol–water partition coefficient (Wildman–Crippen LogP) is 2.23. The minimum Gasteiger partial charge on any atom is -0.369 e. The summed E-state index contributed by atoms with van der Waals surface area (Å²) in [6.07, 6.45) is 1.34. The van der Waals surface area contributed by atoms with E-state index >= 15 is 0 Å². The number of hydrogen-bond donors (Lipinski definition) is 1. The fourth-order valence-electron chi connectivity index (χ4n) is 1.97. The molecule has 18 heavy (non-hydrogen) atoms. The van der Waals surface area contributed by atoms with Crippen LogP contribution in [-0.4, -0.2) is 23.8 Å². The summed E-state index contributed by atoms with van der Waals surface area (Å²) in [6.45, 7) is 2.11. The fraction of sp³-hybridized carbons (Fsp3) is 0.385. The Labute approximate surface area is 115 Å². The topological polar surface area (TPSA) is 58.7 Å². The summed E-state index contributed by atoms with van der Waals surface area (Å²) < 4.78 is 1.06. The summed E-state index contributed by atoms with van der Waals surface area (Å²) in [5, 5.41) is 0. The average molecular weight is 310 g/mol. The predicted molar refractivity (Wildman–Crippen MR) is 75.3 cm³/mol. The second-order valence-corrected chi connectivity index (χ2v) is 5.22. The van der Waals surface area contributed by atoms with Crippen LogP contribution in [0, 0.1) is 0 Å². The molecule has 1 aliphatic rings. The summed E-state index contributed by atoms with van der Waals surface area (Å²) in [7, 11) is 1.65. The van der Waals surface area contributed by atoms with E-state index in [0.717, 1.165) is 16.5 Å². The summed E-state index contributed by atoms with van der Waals surface area (Å²) in [4.78, 5) is 17.5. The molecule has 0 saturated heterocycles. The van der Waals surface area contributed by atoms with Crippen molar-refractivity contribution in [3.8, 4) is 0 Å². The summed E-state index contributed by atoms with van der Waals surface area (Å²) >= 11 is 3.54. The van der Waals surface area contributed by atoms with Crippen LogP contribution in [0.4, 0.5) is 0 Å². The van der Waals surface area contributed by atoms with Crippen LogP contribution in [0.2, 0.25) is 0 Å². The van der Waals surface area contributed by atoms with Gasteiger partial charge in [0.05, 0.1) is 12.5 Å². The second kappa shape index (κ2) is 5.10. The molecule has 1 heterocycles. The largest absolute Gasteiger partial charge is 0.369 e. The van der Waals surface area contributed by atoms with E-state index in [-0.39, 0.29) is 17.9 Å². The van der Waals surface area contributed by atoms with Gasteiger partial charge in [0.2, 0.25) is 5.91 Å². The molecule has 1 aromatic rings. The third kappa shape index (κ3) is 2.41. The van der Waals surface area contributed by atoms with Crippen LogP contribution in [0.3, 0.4) is 0 Å². The maximum Gasteiger partial charge on any atom is 0.231 e. The Morgan fingerprint density at radius 2 is 2.28 bits per heavy atom. The van der Waals surface area contributed by atoms with E-state index in [1.54, 1.807) is 7.05 Å². The third-order valence-electron chi connectivity index (χ3n) is 3.22. The summed E-state index contributed by atoms with van der Waals surface area (Å²) in [6, 6.07) is 5.94. The van der Waals surface area contributed by atoms with E-state index in [2.05, 4.69) is 33.9 Å². The lowest BCUT2D eigenvalue weighted by Gasteiger charge is -2.25. The van der Waals surface area contributed by atoms with Gasteiger partial charge in [0, 0.05) is 11.5 Å². The lowest BCUT2D eigenvalue weighted by Crippen LogP contribution is -2.42. The van der Waals surface area contributed by atoms with Crippen molar-refractivity contribution < 1.29 is 4.79 Å². The molecular formula is C13H16BrN3O. The molecule has 4 nitrogen and oxygen atoms in total. The van der Waals surface area contributed by atoms with Gasteiger partial charge in [-0.2, -0.15) is 0 Å². The van der Waals surface area contributed by atoms with E-state index < -0.39 is 0 Å². The van der Waals surface area contributed by atoms with Gasteiger partial charge in [-0.3, -0.25) is 9.69 Å². The van der Waals surface area contributed by atoms with Crippen molar-refractivity contribution >= 4 is 27.8 Å². The Hall–Kier alpha value is -1.36. The van der Waals surface area contributed by atoms with E-state index in [1.807, 2.05) is 12.1 Å². The van der Waals surface area contributed by atoms with E-state index in [1.165, 1.54) is 10.5 Å². The first kappa shape index (κ1) is 13.1. The van der Waals surface area contributed by atoms with Crippen LogP contribution in [0.25, 0.3) is 0 Å². The zero-order valence-corrected chi connectivity index (χ0v) is 12.1. The first-order valence-corrected chi connectivity index (χ1v) is 6.70. The lowest BCUT2D eigenvalue weighted by molar-refractivity contribution is -0.127. The zero-order valence-electron chi connectivity index (χ0n) is 10.5. The average Bonchev–Trinajstić information content (AvgIpc) is 2.35. The molecule has 1 aromatic carbocycles. The number of nitrogens with zero attached hydrogens (tertiary/aromatic N) is 2. The van der Waals surface area contributed by atoms with Crippen molar-refractivity contribution in [3.63, 3.8) is 0 Å². The Bertz CT molecular complexity index is 513. The third-order valence-corrected chi connectivity index (χ3v) is 3.95. The number of rotatable bonds is 2. The van der Waals surface area contributed by atoms with E-state index in [9.17, 15) is 4.79 Å². The Morgan fingerprint density at radius 3 is 2.83 bits per heavy atom. The van der Waals surface area contributed by atoms with Gasteiger partial charge < -0.3 is 5.73 Å².